The Morgan fingerprint density at radius 2 is 1.10 bits per heavy atom. The Kier molecular flexibility index (Phi) is 2.89. The van der Waals surface area contributed by atoms with E-state index in [9.17, 15) is 0 Å². The van der Waals surface area contributed by atoms with Gasteiger partial charge < -0.3 is 0 Å². The van der Waals surface area contributed by atoms with E-state index in [4.69, 9.17) is 0 Å². The molecule has 100 valence electrons. The van der Waals surface area contributed by atoms with Crippen LogP contribution in [0.5, 0.6) is 0 Å². The first kappa shape index (κ1) is 12.1. The van der Waals surface area contributed by atoms with Crippen LogP contribution in [0.25, 0.3) is 21.8 Å². The Hall–Kier alpha value is -2.67. The van der Waals surface area contributed by atoms with Gasteiger partial charge in [0.2, 0.25) is 11.0 Å². The maximum Gasteiger partial charge on any atom is 0.213 e. The van der Waals surface area contributed by atoms with E-state index in [0.29, 0.717) is 0 Å². The second-order valence-corrected chi connectivity index (χ2v) is 5.33. The molecule has 0 aliphatic rings. The third-order valence-corrected chi connectivity index (χ3v) is 3.95. The van der Waals surface area contributed by atoms with Crippen molar-refractivity contribution < 1.29 is 4.57 Å². The Morgan fingerprint density at radius 3 is 1.71 bits per heavy atom. The Balaban J connectivity index is 2.02. The average molecular weight is 270 g/mol. The second kappa shape index (κ2) is 5.02. The standard InChI is InChI=1S/C20H16N/c1-2-8-16(9-3-1)15-21-19-12-6-4-10-17(19)14-18-11-5-7-13-20(18)21/h1-14H,15H2/q+1. The van der Waals surface area contributed by atoms with Gasteiger partial charge in [-0.1, -0.05) is 54.6 Å². The van der Waals surface area contributed by atoms with Crippen molar-refractivity contribution in [3.8, 4) is 0 Å². The molecule has 0 fully saturated rings. The molecule has 0 amide bonds. The van der Waals surface area contributed by atoms with E-state index in [-0.39, 0.29) is 0 Å². The molecule has 0 spiro atoms. The zero-order chi connectivity index (χ0) is 14.1. The normalized spacial score (nSPS) is 11.0. The number of hydrogen-bond donors (Lipinski definition) is 0. The summed E-state index contributed by atoms with van der Waals surface area (Å²) in [4.78, 5) is 0. The molecule has 1 aromatic heterocycles. The van der Waals surface area contributed by atoms with Crippen molar-refractivity contribution in [2.45, 2.75) is 6.54 Å². The van der Waals surface area contributed by atoms with E-state index in [1.165, 1.54) is 27.4 Å². The number of benzene rings is 3. The van der Waals surface area contributed by atoms with E-state index in [1.54, 1.807) is 0 Å². The quantitative estimate of drug-likeness (QED) is 0.377. The lowest BCUT2D eigenvalue weighted by atomic mass is 10.1. The molecule has 0 aliphatic carbocycles. The van der Waals surface area contributed by atoms with Crippen molar-refractivity contribution in [2.75, 3.05) is 0 Å². The van der Waals surface area contributed by atoms with Gasteiger partial charge in [-0.3, -0.25) is 0 Å². The monoisotopic (exact) mass is 270 g/mol. The number of para-hydroxylation sites is 2. The Bertz CT molecular complexity index is 856. The first-order valence-electron chi connectivity index (χ1n) is 7.26. The van der Waals surface area contributed by atoms with Crippen molar-refractivity contribution >= 4 is 21.8 Å². The molecule has 0 N–H and O–H groups in total. The van der Waals surface area contributed by atoms with Gasteiger partial charge in [-0.05, 0) is 18.2 Å². The summed E-state index contributed by atoms with van der Waals surface area (Å²) in [5.41, 5.74) is 3.88. The summed E-state index contributed by atoms with van der Waals surface area (Å²) in [7, 11) is 0. The van der Waals surface area contributed by atoms with Crippen LogP contribution >= 0.6 is 0 Å². The molecule has 0 aliphatic heterocycles. The number of rotatable bonds is 2. The van der Waals surface area contributed by atoms with Crippen molar-refractivity contribution in [3.05, 3.63) is 90.5 Å². The fourth-order valence-electron chi connectivity index (χ4n) is 2.94. The van der Waals surface area contributed by atoms with Crippen LogP contribution in [0.1, 0.15) is 5.56 Å². The largest absolute Gasteiger partial charge is 0.213 e. The Labute approximate surface area is 124 Å². The van der Waals surface area contributed by atoms with Crippen LogP contribution in [-0.4, -0.2) is 0 Å². The van der Waals surface area contributed by atoms with Crippen molar-refractivity contribution in [2.24, 2.45) is 0 Å². The summed E-state index contributed by atoms with van der Waals surface area (Å²) in [6.07, 6.45) is 0. The van der Waals surface area contributed by atoms with Gasteiger partial charge in [0.1, 0.15) is 0 Å². The van der Waals surface area contributed by atoms with E-state index >= 15 is 0 Å². The lowest BCUT2D eigenvalue weighted by molar-refractivity contribution is -0.635. The van der Waals surface area contributed by atoms with Crippen LogP contribution in [0.2, 0.25) is 0 Å². The van der Waals surface area contributed by atoms with Gasteiger partial charge in [-0.2, -0.15) is 4.57 Å². The third-order valence-electron chi connectivity index (χ3n) is 3.95. The van der Waals surface area contributed by atoms with Crippen molar-refractivity contribution in [1.29, 1.82) is 0 Å². The predicted molar refractivity (Wildman–Crippen MR) is 87.2 cm³/mol. The summed E-state index contributed by atoms with van der Waals surface area (Å²) in [5, 5.41) is 2.57. The zero-order valence-electron chi connectivity index (χ0n) is 11.7. The lowest BCUT2D eigenvalue weighted by Crippen LogP contribution is -2.36. The highest BCUT2D eigenvalue weighted by Crippen LogP contribution is 2.18. The minimum Gasteiger partial charge on any atom is -0.187 e. The molecular formula is C20H16N+. The topological polar surface area (TPSA) is 3.88 Å². The van der Waals surface area contributed by atoms with Crippen LogP contribution in [0, 0.1) is 0 Å². The predicted octanol–water partition coefficient (Wildman–Crippen LogP) is 4.33. The van der Waals surface area contributed by atoms with Gasteiger partial charge in [0, 0.05) is 28.5 Å². The molecule has 0 saturated carbocycles. The van der Waals surface area contributed by atoms with E-state index in [2.05, 4.69) is 89.5 Å². The summed E-state index contributed by atoms with van der Waals surface area (Å²) in [6.45, 7) is 0.892. The molecule has 1 nitrogen and oxygen atoms in total. The van der Waals surface area contributed by atoms with Gasteiger partial charge in [-0.25, -0.2) is 0 Å². The van der Waals surface area contributed by atoms with Gasteiger partial charge in [0.15, 0.2) is 6.54 Å². The molecule has 0 unspecified atom stereocenters. The SMILES string of the molecule is c1ccc(C[n+]2c3ccccc3cc3ccccc32)cc1. The van der Waals surface area contributed by atoms with Gasteiger partial charge in [0.05, 0.1) is 0 Å². The number of fused-ring (bicyclic) bond motifs is 2. The molecule has 3 aromatic carbocycles. The molecule has 21 heavy (non-hydrogen) atoms. The van der Waals surface area contributed by atoms with E-state index in [1.807, 2.05) is 0 Å². The Morgan fingerprint density at radius 1 is 0.571 bits per heavy atom. The summed E-state index contributed by atoms with van der Waals surface area (Å²) >= 11 is 0. The zero-order valence-corrected chi connectivity index (χ0v) is 11.7. The maximum atomic E-state index is 2.40. The van der Waals surface area contributed by atoms with Gasteiger partial charge >= 0.3 is 0 Å². The fourth-order valence-corrected chi connectivity index (χ4v) is 2.94. The number of aromatic nitrogens is 1. The molecule has 0 radical (unpaired) electrons. The molecule has 4 rings (SSSR count). The number of pyridine rings is 1. The van der Waals surface area contributed by atoms with Crippen LogP contribution in [0.4, 0.5) is 0 Å². The van der Waals surface area contributed by atoms with Crippen LogP contribution in [-0.2, 0) is 6.54 Å². The van der Waals surface area contributed by atoms with Gasteiger partial charge in [-0.15, -0.1) is 0 Å². The summed E-state index contributed by atoms with van der Waals surface area (Å²) in [6, 6.07) is 30.1. The summed E-state index contributed by atoms with van der Waals surface area (Å²) in [5.74, 6) is 0. The molecule has 1 heteroatoms. The van der Waals surface area contributed by atoms with Gasteiger partial charge in [0.25, 0.3) is 0 Å². The minimum absolute atomic E-state index is 0.892. The average Bonchev–Trinajstić information content (AvgIpc) is 2.55. The molecule has 0 saturated heterocycles. The minimum atomic E-state index is 0.892. The highest BCUT2D eigenvalue weighted by atomic mass is 15.0. The van der Waals surface area contributed by atoms with Crippen molar-refractivity contribution in [1.82, 2.24) is 0 Å². The first-order valence-corrected chi connectivity index (χ1v) is 7.26. The molecule has 4 aromatic rings. The fraction of sp³-hybridized carbons (Fsp3) is 0.0500. The number of nitrogens with zero attached hydrogens (tertiary/aromatic N) is 1. The third kappa shape index (κ3) is 2.17. The van der Waals surface area contributed by atoms with E-state index in [0.717, 1.165) is 6.54 Å². The second-order valence-electron chi connectivity index (χ2n) is 5.33. The van der Waals surface area contributed by atoms with Crippen LogP contribution in [0.15, 0.2) is 84.9 Å². The smallest absolute Gasteiger partial charge is 0.187 e. The van der Waals surface area contributed by atoms with E-state index < -0.39 is 0 Å². The molecule has 0 atom stereocenters. The number of hydrogen-bond acceptors (Lipinski definition) is 0. The molecular weight excluding hydrogens is 254 g/mol. The maximum absolute atomic E-state index is 2.40. The molecule has 1 heterocycles. The molecule has 0 bridgehead atoms. The highest BCUT2D eigenvalue weighted by Gasteiger charge is 2.14. The van der Waals surface area contributed by atoms with Crippen LogP contribution in [0.3, 0.4) is 0 Å². The first-order chi connectivity index (χ1) is 10.4. The summed E-state index contributed by atoms with van der Waals surface area (Å²) < 4.78 is 2.40. The van der Waals surface area contributed by atoms with Crippen LogP contribution < -0.4 is 4.57 Å². The highest BCUT2D eigenvalue weighted by molar-refractivity contribution is 5.88. The van der Waals surface area contributed by atoms with Crippen molar-refractivity contribution in [3.63, 3.8) is 0 Å². The lowest BCUT2D eigenvalue weighted by Gasteiger charge is -2.06.